The molecule has 1 aliphatic heterocycles. The minimum absolute atomic E-state index is 0.0455. The van der Waals surface area contributed by atoms with Crippen LogP contribution in [0, 0.1) is 0 Å². The van der Waals surface area contributed by atoms with Crippen LogP contribution in [-0.2, 0) is 13.0 Å². The molecular weight excluding hydrogens is 346 g/mol. The van der Waals surface area contributed by atoms with Crippen molar-refractivity contribution in [2.24, 2.45) is 0 Å². The molecule has 134 valence electrons. The van der Waals surface area contributed by atoms with Crippen molar-refractivity contribution in [3.8, 4) is 0 Å². The van der Waals surface area contributed by atoms with Gasteiger partial charge in [-0.2, -0.15) is 0 Å². The van der Waals surface area contributed by atoms with Gasteiger partial charge >= 0.3 is 0 Å². The quantitative estimate of drug-likeness (QED) is 0.694. The lowest BCUT2D eigenvalue weighted by Gasteiger charge is -2.33. The van der Waals surface area contributed by atoms with Crippen LogP contribution in [0.3, 0.4) is 0 Å². The summed E-state index contributed by atoms with van der Waals surface area (Å²) in [6.07, 6.45) is 7.54. The number of hydrogen-bond donors (Lipinski definition) is 0. The number of aryl methyl sites for hydroxylation is 2. The maximum absolute atomic E-state index is 13.0. The average molecular weight is 367 g/mol. The highest BCUT2D eigenvalue weighted by Gasteiger charge is 2.31. The van der Waals surface area contributed by atoms with Gasteiger partial charge in [-0.15, -0.1) is 16.4 Å². The first kappa shape index (κ1) is 16.9. The minimum Gasteiger partial charge on any atom is -0.328 e. The van der Waals surface area contributed by atoms with Gasteiger partial charge < -0.3 is 4.90 Å². The number of carbonyl (C=O) groups excluding carboxylic acids is 1. The van der Waals surface area contributed by atoms with Gasteiger partial charge in [0.1, 0.15) is 5.01 Å². The molecule has 7 heteroatoms. The number of thiazole rings is 1. The summed E-state index contributed by atoms with van der Waals surface area (Å²) in [5.74, 6) is -0.0455. The smallest absolute Gasteiger partial charge is 0.276 e. The largest absolute Gasteiger partial charge is 0.328 e. The Morgan fingerprint density at radius 2 is 2.12 bits per heavy atom. The molecule has 1 fully saturated rings. The molecule has 1 aliphatic rings. The second-order valence-corrected chi connectivity index (χ2v) is 7.41. The SMILES string of the molecule is O=C(c1cn(CCc2ccccc2)nn1)N1CCCC[C@@H]1c1nccs1. The molecule has 1 aromatic carbocycles. The van der Waals surface area contributed by atoms with Gasteiger partial charge in [0.15, 0.2) is 5.69 Å². The third-order valence-corrected chi connectivity index (χ3v) is 5.61. The Balaban J connectivity index is 1.45. The molecular formula is C19H21N5OS. The van der Waals surface area contributed by atoms with Crippen molar-refractivity contribution in [1.82, 2.24) is 24.9 Å². The van der Waals surface area contributed by atoms with Gasteiger partial charge in [-0.1, -0.05) is 35.5 Å². The number of rotatable bonds is 5. The van der Waals surface area contributed by atoms with Gasteiger partial charge in [-0.05, 0) is 31.2 Å². The molecule has 26 heavy (non-hydrogen) atoms. The van der Waals surface area contributed by atoms with Gasteiger partial charge in [0.05, 0.1) is 12.2 Å². The predicted molar refractivity (Wildman–Crippen MR) is 99.9 cm³/mol. The van der Waals surface area contributed by atoms with Gasteiger partial charge in [-0.3, -0.25) is 9.48 Å². The zero-order valence-electron chi connectivity index (χ0n) is 14.5. The molecule has 0 bridgehead atoms. The standard InChI is InChI=1S/C19H21N5OS/c25-19(24-11-5-4-8-17(24)18-20-10-13-26-18)16-14-23(22-21-16)12-9-15-6-2-1-3-7-15/h1-3,6-7,10,13-14,17H,4-5,8-9,11-12H2/t17-/m1/s1. The normalized spacial score (nSPS) is 17.4. The van der Waals surface area contributed by atoms with Crippen molar-refractivity contribution in [1.29, 1.82) is 0 Å². The van der Waals surface area contributed by atoms with Gasteiger partial charge in [0, 0.05) is 24.7 Å². The Labute approximate surface area is 156 Å². The Morgan fingerprint density at radius 1 is 1.23 bits per heavy atom. The highest BCUT2D eigenvalue weighted by atomic mass is 32.1. The summed E-state index contributed by atoms with van der Waals surface area (Å²) in [5.41, 5.74) is 1.66. The van der Waals surface area contributed by atoms with Gasteiger partial charge in [0.25, 0.3) is 5.91 Å². The maximum Gasteiger partial charge on any atom is 0.276 e. The lowest BCUT2D eigenvalue weighted by molar-refractivity contribution is 0.0605. The third-order valence-electron chi connectivity index (χ3n) is 4.73. The van der Waals surface area contributed by atoms with Crippen molar-refractivity contribution >= 4 is 17.2 Å². The molecule has 0 aliphatic carbocycles. The lowest BCUT2D eigenvalue weighted by Crippen LogP contribution is -2.38. The zero-order chi connectivity index (χ0) is 17.8. The van der Waals surface area contributed by atoms with Crippen molar-refractivity contribution in [3.63, 3.8) is 0 Å². The van der Waals surface area contributed by atoms with Crippen molar-refractivity contribution in [2.75, 3.05) is 6.54 Å². The predicted octanol–water partition coefficient (Wildman–Crippen LogP) is 3.34. The van der Waals surface area contributed by atoms with Crippen LogP contribution in [0.1, 0.15) is 46.4 Å². The topological polar surface area (TPSA) is 63.9 Å². The molecule has 3 aromatic rings. The molecule has 2 aromatic heterocycles. The number of amides is 1. The second kappa shape index (κ2) is 7.78. The monoisotopic (exact) mass is 367 g/mol. The van der Waals surface area contributed by atoms with Crippen LogP contribution in [-0.4, -0.2) is 37.3 Å². The van der Waals surface area contributed by atoms with Gasteiger partial charge in [0.2, 0.25) is 0 Å². The summed E-state index contributed by atoms with van der Waals surface area (Å²) in [4.78, 5) is 19.3. The van der Waals surface area contributed by atoms with Crippen LogP contribution in [0.5, 0.6) is 0 Å². The Bertz CT molecular complexity index is 846. The van der Waals surface area contributed by atoms with Crippen LogP contribution < -0.4 is 0 Å². The highest BCUT2D eigenvalue weighted by Crippen LogP contribution is 2.32. The number of carbonyl (C=O) groups is 1. The first-order valence-corrected chi connectivity index (χ1v) is 9.83. The van der Waals surface area contributed by atoms with E-state index in [1.165, 1.54) is 5.56 Å². The Kier molecular flexibility index (Phi) is 5.06. The average Bonchev–Trinajstić information content (AvgIpc) is 3.39. The number of likely N-dealkylation sites (tertiary alicyclic amines) is 1. The molecule has 3 heterocycles. The molecule has 0 N–H and O–H groups in total. The van der Waals surface area contributed by atoms with E-state index < -0.39 is 0 Å². The summed E-state index contributed by atoms with van der Waals surface area (Å²) < 4.78 is 1.75. The number of aromatic nitrogens is 4. The Morgan fingerprint density at radius 3 is 2.92 bits per heavy atom. The van der Waals surface area contributed by atoms with Crippen LogP contribution in [0.2, 0.25) is 0 Å². The van der Waals surface area contributed by atoms with E-state index in [2.05, 4.69) is 27.4 Å². The first-order chi connectivity index (χ1) is 12.8. The van der Waals surface area contributed by atoms with Crippen LogP contribution in [0.15, 0.2) is 48.1 Å². The summed E-state index contributed by atoms with van der Waals surface area (Å²) in [7, 11) is 0. The molecule has 0 unspecified atom stereocenters. The van der Waals surface area contributed by atoms with Crippen LogP contribution in [0.25, 0.3) is 0 Å². The molecule has 0 spiro atoms. The molecule has 4 rings (SSSR count). The summed E-state index contributed by atoms with van der Waals surface area (Å²) >= 11 is 1.61. The zero-order valence-corrected chi connectivity index (χ0v) is 15.3. The fraction of sp³-hybridized carbons (Fsp3) is 0.368. The van der Waals surface area contributed by atoms with Crippen molar-refractivity contribution < 1.29 is 4.79 Å². The number of piperidine rings is 1. The van der Waals surface area contributed by atoms with Gasteiger partial charge in [-0.25, -0.2) is 4.98 Å². The van der Waals surface area contributed by atoms with E-state index in [0.29, 0.717) is 12.2 Å². The molecule has 1 saturated heterocycles. The second-order valence-electron chi connectivity index (χ2n) is 6.48. The van der Waals surface area contributed by atoms with Crippen molar-refractivity contribution in [2.45, 2.75) is 38.3 Å². The van der Waals surface area contributed by atoms with Crippen molar-refractivity contribution in [3.05, 3.63) is 64.4 Å². The van der Waals surface area contributed by atoms with E-state index in [1.54, 1.807) is 28.4 Å². The molecule has 1 amide bonds. The molecule has 6 nitrogen and oxygen atoms in total. The lowest BCUT2D eigenvalue weighted by atomic mass is 10.0. The minimum atomic E-state index is -0.0455. The van der Waals surface area contributed by atoms with E-state index in [9.17, 15) is 4.79 Å². The third kappa shape index (κ3) is 3.67. The first-order valence-electron chi connectivity index (χ1n) is 8.95. The summed E-state index contributed by atoms with van der Waals surface area (Å²) in [5, 5.41) is 11.2. The highest BCUT2D eigenvalue weighted by molar-refractivity contribution is 7.09. The Hall–Kier alpha value is -2.54. The fourth-order valence-electron chi connectivity index (χ4n) is 3.37. The maximum atomic E-state index is 13.0. The van der Waals surface area contributed by atoms with E-state index >= 15 is 0 Å². The molecule has 0 saturated carbocycles. The van der Waals surface area contributed by atoms with E-state index in [4.69, 9.17) is 0 Å². The molecule has 0 radical (unpaired) electrons. The van der Waals surface area contributed by atoms with E-state index in [0.717, 1.165) is 37.2 Å². The van der Waals surface area contributed by atoms with E-state index in [1.807, 2.05) is 28.5 Å². The number of nitrogens with zero attached hydrogens (tertiary/aromatic N) is 5. The number of benzene rings is 1. The van der Waals surface area contributed by atoms with E-state index in [-0.39, 0.29) is 11.9 Å². The fourth-order valence-corrected chi connectivity index (χ4v) is 4.16. The van der Waals surface area contributed by atoms with Crippen LogP contribution >= 0.6 is 11.3 Å². The summed E-state index contributed by atoms with van der Waals surface area (Å²) in [6.45, 7) is 1.46. The summed E-state index contributed by atoms with van der Waals surface area (Å²) in [6, 6.07) is 10.3. The number of hydrogen-bond acceptors (Lipinski definition) is 5. The van der Waals surface area contributed by atoms with Crippen LogP contribution in [0.4, 0.5) is 0 Å². The molecule has 1 atom stereocenters.